The summed E-state index contributed by atoms with van der Waals surface area (Å²) in [4.78, 5) is 27.4. The summed E-state index contributed by atoms with van der Waals surface area (Å²) in [5, 5.41) is 20.8. The van der Waals surface area contributed by atoms with Gasteiger partial charge >= 0.3 is 5.97 Å². The summed E-state index contributed by atoms with van der Waals surface area (Å²) < 4.78 is 13.0. The van der Waals surface area contributed by atoms with Crippen molar-refractivity contribution >= 4 is 17.6 Å². The van der Waals surface area contributed by atoms with Crippen molar-refractivity contribution in [3.8, 4) is 6.07 Å². The fourth-order valence-corrected chi connectivity index (χ4v) is 2.81. The summed E-state index contributed by atoms with van der Waals surface area (Å²) in [5.74, 6) is -2.42. The Balaban J connectivity index is 1.98. The number of carboxylic acids is 1. The molecule has 8 heteroatoms. The van der Waals surface area contributed by atoms with Crippen molar-refractivity contribution in [2.24, 2.45) is 5.92 Å². The summed E-state index contributed by atoms with van der Waals surface area (Å²) in [6, 6.07) is 7.04. The number of amides is 1. The minimum Gasteiger partial charge on any atom is -0.480 e. The van der Waals surface area contributed by atoms with Gasteiger partial charge in [0.1, 0.15) is 23.5 Å². The third kappa shape index (κ3) is 5.45. The molecule has 1 aliphatic rings. The summed E-state index contributed by atoms with van der Waals surface area (Å²) in [6.07, 6.45) is 1.47. The Hall–Kier alpha value is -3.08. The van der Waals surface area contributed by atoms with Crippen LogP contribution in [0.4, 0.5) is 10.1 Å². The Labute approximate surface area is 157 Å². The number of carboxylic acid groups (broad SMARTS) is 1. The van der Waals surface area contributed by atoms with Crippen LogP contribution in [-0.2, 0) is 9.59 Å². The van der Waals surface area contributed by atoms with Crippen LogP contribution in [0.25, 0.3) is 0 Å². The lowest BCUT2D eigenvalue weighted by Gasteiger charge is -2.35. The maximum atomic E-state index is 13.0. The van der Waals surface area contributed by atoms with E-state index in [4.69, 9.17) is 5.11 Å². The Morgan fingerprint density at radius 2 is 1.81 bits per heavy atom. The molecule has 2 N–H and O–H groups in total. The quantitative estimate of drug-likeness (QED) is 0.580. The van der Waals surface area contributed by atoms with Gasteiger partial charge in [-0.2, -0.15) is 5.26 Å². The van der Waals surface area contributed by atoms with E-state index in [1.165, 1.54) is 18.3 Å². The number of benzene rings is 1. The van der Waals surface area contributed by atoms with Crippen LogP contribution in [0, 0.1) is 23.1 Å². The van der Waals surface area contributed by atoms with Gasteiger partial charge in [-0.05, 0) is 30.2 Å². The zero-order valence-electron chi connectivity index (χ0n) is 15.4. The third-order valence-corrected chi connectivity index (χ3v) is 4.40. The van der Waals surface area contributed by atoms with Gasteiger partial charge in [-0.25, -0.2) is 9.18 Å². The summed E-state index contributed by atoms with van der Waals surface area (Å²) in [5.41, 5.74) is 0.789. The lowest BCUT2D eigenvalue weighted by molar-refractivity contribution is -0.142. The second kappa shape index (κ2) is 9.03. The van der Waals surface area contributed by atoms with Gasteiger partial charge in [0.05, 0.1) is 0 Å². The largest absolute Gasteiger partial charge is 0.480 e. The number of hydrogen-bond acceptors (Lipinski definition) is 5. The van der Waals surface area contributed by atoms with E-state index in [1.807, 2.05) is 11.0 Å². The van der Waals surface area contributed by atoms with Crippen LogP contribution in [0.1, 0.15) is 13.8 Å². The van der Waals surface area contributed by atoms with Crippen LogP contribution in [0.5, 0.6) is 0 Å². The first-order valence-corrected chi connectivity index (χ1v) is 8.72. The first kappa shape index (κ1) is 20.2. The van der Waals surface area contributed by atoms with Crippen molar-refractivity contribution in [2.45, 2.75) is 19.9 Å². The monoisotopic (exact) mass is 374 g/mol. The van der Waals surface area contributed by atoms with E-state index in [1.54, 1.807) is 26.0 Å². The Bertz CT molecular complexity index is 747. The molecule has 0 radical (unpaired) electrons. The number of carbonyl (C=O) groups excluding carboxylic acids is 1. The average molecular weight is 374 g/mol. The fraction of sp³-hybridized carbons (Fsp3) is 0.421. The fourth-order valence-electron chi connectivity index (χ4n) is 2.81. The number of halogens is 1. The number of aliphatic carboxylic acids is 1. The molecule has 144 valence electrons. The Morgan fingerprint density at radius 3 is 2.30 bits per heavy atom. The SMILES string of the molecule is CC(C)C(NC(=O)/C(C#N)=C\N1CCN(c2ccc(F)cc2)CC1)C(=O)O. The van der Waals surface area contributed by atoms with E-state index in [9.17, 15) is 19.2 Å². The Kier molecular flexibility index (Phi) is 6.77. The van der Waals surface area contributed by atoms with Crippen LogP contribution < -0.4 is 10.2 Å². The summed E-state index contributed by atoms with van der Waals surface area (Å²) in [6.45, 7) is 5.86. The minimum atomic E-state index is -1.14. The normalized spacial score (nSPS) is 16.0. The zero-order valence-corrected chi connectivity index (χ0v) is 15.4. The number of nitrogens with one attached hydrogen (secondary N) is 1. The molecule has 0 aliphatic carbocycles. The second-order valence-corrected chi connectivity index (χ2v) is 6.69. The molecule has 1 unspecified atom stereocenters. The standard InChI is InChI=1S/C19H23FN4O3/c1-13(2)17(19(26)27)22-18(25)14(11-21)12-23-7-9-24(10-8-23)16-5-3-15(20)4-6-16/h3-6,12-13,17H,7-10H2,1-2H3,(H,22,25)(H,26,27)/b14-12-. The molecule has 1 aromatic rings. The van der Waals surface area contributed by atoms with Crippen LogP contribution in [0.15, 0.2) is 36.0 Å². The lowest BCUT2D eigenvalue weighted by Crippen LogP contribution is -2.46. The number of piperazine rings is 1. The molecule has 7 nitrogen and oxygen atoms in total. The molecule has 0 spiro atoms. The molecule has 0 bridgehead atoms. The van der Waals surface area contributed by atoms with Crippen LogP contribution in [0.2, 0.25) is 0 Å². The van der Waals surface area contributed by atoms with Gasteiger partial charge in [0.15, 0.2) is 0 Å². The summed E-state index contributed by atoms with van der Waals surface area (Å²) in [7, 11) is 0. The van der Waals surface area contributed by atoms with Gasteiger partial charge in [0.2, 0.25) is 0 Å². The average Bonchev–Trinajstić information content (AvgIpc) is 2.64. The molecule has 1 saturated heterocycles. The highest BCUT2D eigenvalue weighted by Gasteiger charge is 2.25. The number of anilines is 1. The molecular weight excluding hydrogens is 351 g/mol. The van der Waals surface area contributed by atoms with E-state index in [0.29, 0.717) is 26.2 Å². The highest BCUT2D eigenvalue weighted by molar-refractivity contribution is 5.99. The minimum absolute atomic E-state index is 0.128. The van der Waals surface area contributed by atoms with E-state index >= 15 is 0 Å². The summed E-state index contributed by atoms with van der Waals surface area (Å²) >= 11 is 0. The molecule has 2 rings (SSSR count). The van der Waals surface area contributed by atoms with Gasteiger partial charge in [-0.15, -0.1) is 0 Å². The lowest BCUT2D eigenvalue weighted by atomic mass is 10.0. The predicted octanol–water partition coefficient (Wildman–Crippen LogP) is 1.58. The molecular formula is C19H23FN4O3. The van der Waals surface area contributed by atoms with Gasteiger partial charge in [-0.1, -0.05) is 13.8 Å². The van der Waals surface area contributed by atoms with Crippen LogP contribution in [-0.4, -0.2) is 54.1 Å². The maximum absolute atomic E-state index is 13.0. The topological polar surface area (TPSA) is 96.7 Å². The zero-order chi connectivity index (χ0) is 20.0. The van der Waals surface area contributed by atoms with Crippen molar-refractivity contribution in [1.29, 1.82) is 5.26 Å². The first-order valence-electron chi connectivity index (χ1n) is 8.72. The number of carbonyl (C=O) groups is 2. The molecule has 27 heavy (non-hydrogen) atoms. The highest BCUT2D eigenvalue weighted by atomic mass is 19.1. The molecule has 0 aromatic heterocycles. The highest BCUT2D eigenvalue weighted by Crippen LogP contribution is 2.17. The van der Waals surface area contributed by atoms with Gasteiger partial charge in [0, 0.05) is 38.1 Å². The number of rotatable bonds is 6. The van der Waals surface area contributed by atoms with Crippen molar-refractivity contribution in [3.05, 3.63) is 41.9 Å². The maximum Gasteiger partial charge on any atom is 0.326 e. The second-order valence-electron chi connectivity index (χ2n) is 6.69. The smallest absolute Gasteiger partial charge is 0.326 e. The van der Waals surface area contributed by atoms with E-state index in [-0.39, 0.29) is 17.3 Å². The molecule has 0 saturated carbocycles. The van der Waals surface area contributed by atoms with Gasteiger partial charge < -0.3 is 20.2 Å². The molecule has 1 amide bonds. The number of hydrogen-bond donors (Lipinski definition) is 2. The molecule has 1 fully saturated rings. The van der Waals surface area contributed by atoms with Gasteiger partial charge in [0.25, 0.3) is 5.91 Å². The Morgan fingerprint density at radius 1 is 1.22 bits per heavy atom. The predicted molar refractivity (Wildman–Crippen MR) is 98.3 cm³/mol. The van der Waals surface area contributed by atoms with Gasteiger partial charge in [-0.3, -0.25) is 4.79 Å². The third-order valence-electron chi connectivity index (χ3n) is 4.40. The van der Waals surface area contributed by atoms with Crippen molar-refractivity contribution < 1.29 is 19.1 Å². The van der Waals surface area contributed by atoms with Crippen molar-refractivity contribution in [3.63, 3.8) is 0 Å². The first-order chi connectivity index (χ1) is 12.8. The van der Waals surface area contributed by atoms with E-state index < -0.39 is 17.9 Å². The molecule has 1 atom stereocenters. The van der Waals surface area contributed by atoms with Crippen LogP contribution in [0.3, 0.4) is 0 Å². The van der Waals surface area contributed by atoms with Crippen molar-refractivity contribution in [2.75, 3.05) is 31.1 Å². The number of nitriles is 1. The van der Waals surface area contributed by atoms with E-state index in [0.717, 1.165) is 5.69 Å². The van der Waals surface area contributed by atoms with Crippen LogP contribution >= 0.6 is 0 Å². The molecule has 1 aliphatic heterocycles. The molecule has 1 heterocycles. The van der Waals surface area contributed by atoms with Crippen molar-refractivity contribution in [1.82, 2.24) is 10.2 Å². The number of nitrogens with zero attached hydrogens (tertiary/aromatic N) is 3. The van der Waals surface area contributed by atoms with E-state index in [2.05, 4.69) is 10.2 Å². The molecule has 1 aromatic carbocycles.